The molecule has 8 nitrogen and oxygen atoms in total. The smallest absolute Gasteiger partial charge is 0.344 e. The van der Waals surface area contributed by atoms with Crippen molar-refractivity contribution >= 4 is 22.4 Å². The Labute approximate surface area is 154 Å². The zero-order chi connectivity index (χ0) is 19.6. The highest BCUT2D eigenvalue weighted by atomic mass is 16.6. The highest BCUT2D eigenvalue weighted by Crippen LogP contribution is 2.34. The summed E-state index contributed by atoms with van der Waals surface area (Å²) in [5.74, 6) is 0.0137. The summed E-state index contributed by atoms with van der Waals surface area (Å²) in [6.07, 6.45) is -0.972. The molecule has 0 radical (unpaired) electrons. The molecule has 8 heteroatoms. The number of nitrogens with zero attached hydrogens (tertiary/aromatic N) is 2. The Hall–Kier alpha value is -3.68. The summed E-state index contributed by atoms with van der Waals surface area (Å²) in [5.41, 5.74) is 0.566. The third kappa shape index (κ3) is 3.95. The molecule has 0 saturated carbocycles. The van der Waals surface area contributed by atoms with Crippen LogP contribution >= 0.6 is 0 Å². The van der Waals surface area contributed by atoms with Crippen LogP contribution < -0.4 is 9.47 Å². The molecular formula is C19H16N2O6. The molecule has 1 atom stereocenters. The summed E-state index contributed by atoms with van der Waals surface area (Å²) in [6.45, 7) is 3.16. The number of hydrogen-bond acceptors (Lipinski definition) is 6. The number of carboxylic acid groups (broad SMARTS) is 1. The molecule has 1 unspecified atom stereocenters. The normalized spacial score (nSPS) is 11.8. The summed E-state index contributed by atoms with van der Waals surface area (Å²) in [4.78, 5) is 26.0. The van der Waals surface area contributed by atoms with Gasteiger partial charge in [0.2, 0.25) is 5.88 Å². The van der Waals surface area contributed by atoms with Gasteiger partial charge in [0.05, 0.1) is 15.7 Å². The van der Waals surface area contributed by atoms with Gasteiger partial charge in [-0.15, -0.1) is 0 Å². The van der Waals surface area contributed by atoms with Crippen LogP contribution in [0.5, 0.6) is 17.4 Å². The molecule has 27 heavy (non-hydrogen) atoms. The number of non-ortho nitro benzene ring substituents is 1. The van der Waals surface area contributed by atoms with Gasteiger partial charge in [-0.3, -0.25) is 10.1 Å². The summed E-state index contributed by atoms with van der Waals surface area (Å²) >= 11 is 0. The van der Waals surface area contributed by atoms with E-state index in [0.717, 1.165) is 0 Å². The number of hydrogen-bond donors (Lipinski definition) is 1. The number of pyridine rings is 1. The number of nitro groups is 1. The zero-order valence-electron chi connectivity index (χ0n) is 14.6. The van der Waals surface area contributed by atoms with Gasteiger partial charge in [-0.1, -0.05) is 6.07 Å². The lowest BCUT2D eigenvalue weighted by Gasteiger charge is -2.12. The number of rotatable bonds is 6. The average molecular weight is 368 g/mol. The van der Waals surface area contributed by atoms with E-state index in [-0.39, 0.29) is 11.6 Å². The Kier molecular flexibility index (Phi) is 4.89. The Morgan fingerprint density at radius 1 is 1.15 bits per heavy atom. The monoisotopic (exact) mass is 368 g/mol. The summed E-state index contributed by atoms with van der Waals surface area (Å²) in [7, 11) is 0. The predicted octanol–water partition coefficient (Wildman–Crippen LogP) is 4.10. The first-order valence-electron chi connectivity index (χ1n) is 8.07. The first-order valence-corrected chi connectivity index (χ1v) is 8.07. The van der Waals surface area contributed by atoms with Gasteiger partial charge in [0, 0.05) is 11.8 Å². The molecule has 138 valence electrons. The van der Waals surface area contributed by atoms with Gasteiger partial charge in [0.15, 0.2) is 6.10 Å². The topological polar surface area (TPSA) is 112 Å². The van der Waals surface area contributed by atoms with Gasteiger partial charge in [-0.2, -0.15) is 0 Å². The van der Waals surface area contributed by atoms with Crippen molar-refractivity contribution in [3.05, 3.63) is 64.3 Å². The lowest BCUT2D eigenvalue weighted by Crippen LogP contribution is -2.22. The number of fused-ring (bicyclic) bond motifs is 1. The lowest BCUT2D eigenvalue weighted by molar-refractivity contribution is -0.383. The minimum absolute atomic E-state index is 0.0192. The number of ether oxygens (including phenoxy) is 2. The van der Waals surface area contributed by atoms with Crippen molar-refractivity contribution in [1.82, 2.24) is 4.98 Å². The third-order valence-corrected chi connectivity index (χ3v) is 3.84. The fraction of sp³-hybridized carbons (Fsp3) is 0.158. The molecule has 0 spiro atoms. The molecule has 3 rings (SSSR count). The van der Waals surface area contributed by atoms with Crippen LogP contribution in [0, 0.1) is 17.0 Å². The van der Waals surface area contributed by atoms with Crippen LogP contribution in [0.1, 0.15) is 12.6 Å². The number of aliphatic carboxylic acids is 1. The third-order valence-electron chi connectivity index (χ3n) is 3.84. The van der Waals surface area contributed by atoms with Crippen molar-refractivity contribution in [3.8, 4) is 17.4 Å². The van der Waals surface area contributed by atoms with E-state index < -0.39 is 17.0 Å². The molecule has 2 aromatic carbocycles. The van der Waals surface area contributed by atoms with E-state index in [4.69, 9.17) is 14.6 Å². The predicted molar refractivity (Wildman–Crippen MR) is 97.4 cm³/mol. The van der Waals surface area contributed by atoms with Crippen molar-refractivity contribution in [1.29, 1.82) is 0 Å². The van der Waals surface area contributed by atoms with Crippen LogP contribution in [0.25, 0.3) is 10.8 Å². The molecule has 0 saturated heterocycles. The minimum atomic E-state index is -1.06. The fourth-order valence-electron chi connectivity index (χ4n) is 2.54. The van der Waals surface area contributed by atoms with Crippen molar-refractivity contribution in [2.75, 3.05) is 0 Å². The maximum Gasteiger partial charge on any atom is 0.344 e. The van der Waals surface area contributed by atoms with Gasteiger partial charge in [-0.25, -0.2) is 9.78 Å². The Morgan fingerprint density at radius 3 is 2.44 bits per heavy atom. The summed E-state index contributed by atoms with van der Waals surface area (Å²) in [6, 6.07) is 12.7. The molecule has 1 aromatic heterocycles. The van der Waals surface area contributed by atoms with Crippen molar-refractivity contribution in [3.63, 3.8) is 0 Å². The summed E-state index contributed by atoms with van der Waals surface area (Å²) in [5, 5.41) is 21.1. The van der Waals surface area contributed by atoms with Crippen LogP contribution in [0.4, 0.5) is 5.69 Å². The van der Waals surface area contributed by atoms with Crippen molar-refractivity contribution in [2.45, 2.75) is 20.0 Å². The molecule has 1 N–H and O–H groups in total. The first-order chi connectivity index (χ1) is 12.8. The quantitative estimate of drug-likeness (QED) is 0.515. The molecule has 1 heterocycles. The van der Waals surface area contributed by atoms with E-state index in [2.05, 4.69) is 4.98 Å². The van der Waals surface area contributed by atoms with Crippen LogP contribution in [0.3, 0.4) is 0 Å². The van der Waals surface area contributed by atoms with Crippen LogP contribution in [0.2, 0.25) is 0 Å². The maximum atomic E-state index is 11.3. The Bertz CT molecular complexity index is 1020. The molecule has 0 aliphatic heterocycles. The minimum Gasteiger partial charge on any atom is -0.479 e. The van der Waals surface area contributed by atoms with Crippen molar-refractivity contribution < 1.29 is 24.3 Å². The largest absolute Gasteiger partial charge is 0.479 e. The number of aryl methyl sites for hydroxylation is 1. The Morgan fingerprint density at radius 2 is 1.81 bits per heavy atom. The van der Waals surface area contributed by atoms with Gasteiger partial charge in [0.25, 0.3) is 5.69 Å². The van der Waals surface area contributed by atoms with E-state index in [1.54, 1.807) is 49.4 Å². The molecule has 3 aromatic rings. The SMILES string of the molecule is Cc1cc2c([N+](=O)[O-])cccc2c(Oc2ccc(OC(C)C(=O)O)cc2)n1. The second kappa shape index (κ2) is 7.28. The highest BCUT2D eigenvalue weighted by Gasteiger charge is 2.16. The number of carboxylic acids is 1. The van der Waals surface area contributed by atoms with Gasteiger partial charge in [0.1, 0.15) is 11.5 Å². The number of benzene rings is 2. The van der Waals surface area contributed by atoms with Crippen molar-refractivity contribution in [2.24, 2.45) is 0 Å². The molecule has 0 bridgehead atoms. The molecule has 0 amide bonds. The van der Waals surface area contributed by atoms with Gasteiger partial charge < -0.3 is 14.6 Å². The molecule has 0 aliphatic carbocycles. The van der Waals surface area contributed by atoms with E-state index in [1.165, 1.54) is 13.0 Å². The second-order valence-corrected chi connectivity index (χ2v) is 5.87. The molecule has 0 fully saturated rings. The Balaban J connectivity index is 1.92. The van der Waals surface area contributed by atoms with E-state index in [0.29, 0.717) is 28.0 Å². The first kappa shape index (κ1) is 18.1. The highest BCUT2D eigenvalue weighted by molar-refractivity contribution is 5.94. The lowest BCUT2D eigenvalue weighted by atomic mass is 10.1. The van der Waals surface area contributed by atoms with E-state index in [1.807, 2.05) is 0 Å². The maximum absolute atomic E-state index is 11.3. The number of aromatic nitrogens is 1. The van der Waals surface area contributed by atoms with E-state index >= 15 is 0 Å². The number of carbonyl (C=O) groups is 1. The van der Waals surface area contributed by atoms with Crippen LogP contribution in [-0.4, -0.2) is 27.1 Å². The number of nitro benzene ring substituents is 1. The standard InChI is InChI=1S/C19H16N2O6/c1-11-10-16-15(4-3-5-17(16)21(24)25)18(20-11)27-14-8-6-13(7-9-14)26-12(2)19(22)23/h3-10,12H,1-2H3,(H,22,23). The molecule has 0 aliphatic rings. The second-order valence-electron chi connectivity index (χ2n) is 5.87. The van der Waals surface area contributed by atoms with Crippen LogP contribution in [0.15, 0.2) is 48.5 Å². The fourth-order valence-corrected chi connectivity index (χ4v) is 2.54. The summed E-state index contributed by atoms with van der Waals surface area (Å²) < 4.78 is 11.1. The van der Waals surface area contributed by atoms with Crippen LogP contribution in [-0.2, 0) is 4.79 Å². The molecular weight excluding hydrogens is 352 g/mol. The van der Waals surface area contributed by atoms with Gasteiger partial charge in [-0.05, 0) is 50.2 Å². The van der Waals surface area contributed by atoms with Gasteiger partial charge >= 0.3 is 5.97 Å². The zero-order valence-corrected chi connectivity index (χ0v) is 14.6. The van der Waals surface area contributed by atoms with E-state index in [9.17, 15) is 14.9 Å². The average Bonchev–Trinajstić information content (AvgIpc) is 2.62.